The van der Waals surface area contributed by atoms with Crippen LogP contribution in [0.5, 0.6) is 0 Å². The molecule has 1 aliphatic carbocycles. The molecule has 1 aromatic carbocycles. The van der Waals surface area contributed by atoms with Crippen LogP contribution in [-0.2, 0) is 6.42 Å². The molecule has 0 saturated heterocycles. The van der Waals surface area contributed by atoms with Gasteiger partial charge in [-0.3, -0.25) is 0 Å². The average Bonchev–Trinajstić information content (AvgIpc) is 2.46. The summed E-state index contributed by atoms with van der Waals surface area (Å²) in [6.07, 6.45) is 2.89. The monoisotopic (exact) mass is 177 g/mol. The van der Waals surface area contributed by atoms with Crippen LogP contribution in [0.4, 0.5) is 4.39 Å². The molecule has 0 spiro atoms. The number of benzene rings is 1. The Bertz CT molecular complexity index is 366. The fourth-order valence-corrected chi connectivity index (χ4v) is 1.77. The lowest BCUT2D eigenvalue weighted by Gasteiger charge is -2.08. The number of hydrogen-bond donors (Lipinski definition) is 1. The Kier molecular flexibility index (Phi) is 1.93. The molecule has 0 aromatic heterocycles. The lowest BCUT2D eigenvalue weighted by molar-refractivity contribution is 0.626. The topological polar surface area (TPSA) is 26.0 Å². The van der Waals surface area contributed by atoms with Crippen molar-refractivity contribution >= 4 is 5.57 Å². The predicted octanol–water partition coefficient (Wildman–Crippen LogP) is 2.11. The van der Waals surface area contributed by atoms with Gasteiger partial charge in [-0.05, 0) is 42.2 Å². The van der Waals surface area contributed by atoms with Crippen LogP contribution in [-0.4, -0.2) is 6.04 Å². The Morgan fingerprint density at radius 1 is 1.46 bits per heavy atom. The van der Waals surface area contributed by atoms with Gasteiger partial charge in [0.1, 0.15) is 5.82 Å². The van der Waals surface area contributed by atoms with Crippen LogP contribution in [0.1, 0.15) is 18.1 Å². The normalized spacial score (nSPS) is 16.7. The predicted molar refractivity (Wildman–Crippen MR) is 51.7 cm³/mol. The molecule has 1 nitrogen and oxygen atoms in total. The first-order chi connectivity index (χ1) is 6.18. The standard InChI is InChI=1S/C11H12FN/c1-7(13)10-4-2-8-6-9(12)3-5-11(8)10/h3-7H,2,13H2,1H3. The van der Waals surface area contributed by atoms with Crippen molar-refractivity contribution in [1.29, 1.82) is 0 Å². The van der Waals surface area contributed by atoms with Crippen LogP contribution in [0.3, 0.4) is 0 Å². The lowest BCUT2D eigenvalue weighted by atomic mass is 10.0. The van der Waals surface area contributed by atoms with Gasteiger partial charge in [-0.25, -0.2) is 4.39 Å². The highest BCUT2D eigenvalue weighted by Crippen LogP contribution is 2.29. The smallest absolute Gasteiger partial charge is 0.123 e. The van der Waals surface area contributed by atoms with Gasteiger partial charge in [0, 0.05) is 6.04 Å². The van der Waals surface area contributed by atoms with E-state index in [9.17, 15) is 4.39 Å². The molecule has 0 bridgehead atoms. The van der Waals surface area contributed by atoms with Crippen LogP contribution in [0, 0.1) is 5.82 Å². The van der Waals surface area contributed by atoms with E-state index in [1.54, 1.807) is 6.07 Å². The fourth-order valence-electron chi connectivity index (χ4n) is 1.77. The average molecular weight is 177 g/mol. The molecule has 2 rings (SSSR count). The first kappa shape index (κ1) is 8.45. The van der Waals surface area contributed by atoms with E-state index < -0.39 is 0 Å². The van der Waals surface area contributed by atoms with E-state index in [1.165, 1.54) is 6.07 Å². The highest BCUT2D eigenvalue weighted by Gasteiger charge is 2.16. The summed E-state index contributed by atoms with van der Waals surface area (Å²) in [5.41, 5.74) is 9.08. The summed E-state index contributed by atoms with van der Waals surface area (Å²) in [5, 5.41) is 0. The second-order valence-corrected chi connectivity index (χ2v) is 3.45. The number of hydrogen-bond acceptors (Lipinski definition) is 1. The summed E-state index contributed by atoms with van der Waals surface area (Å²) in [6.45, 7) is 1.95. The van der Waals surface area contributed by atoms with Gasteiger partial charge in [-0.1, -0.05) is 12.1 Å². The van der Waals surface area contributed by atoms with Gasteiger partial charge in [-0.2, -0.15) is 0 Å². The molecule has 0 saturated carbocycles. The van der Waals surface area contributed by atoms with Crippen LogP contribution < -0.4 is 5.73 Å². The molecular weight excluding hydrogens is 165 g/mol. The highest BCUT2D eigenvalue weighted by atomic mass is 19.1. The van der Waals surface area contributed by atoms with Crippen molar-refractivity contribution in [2.45, 2.75) is 19.4 Å². The Balaban J connectivity index is 2.45. The quantitative estimate of drug-likeness (QED) is 0.698. The Hall–Kier alpha value is -1.15. The minimum Gasteiger partial charge on any atom is -0.324 e. The summed E-state index contributed by atoms with van der Waals surface area (Å²) in [6, 6.07) is 4.92. The number of nitrogens with two attached hydrogens (primary N) is 1. The summed E-state index contributed by atoms with van der Waals surface area (Å²) in [5.74, 6) is -0.168. The molecule has 1 aromatic rings. The molecule has 0 amide bonds. The molecule has 0 heterocycles. The van der Waals surface area contributed by atoms with E-state index >= 15 is 0 Å². The minimum atomic E-state index is -0.168. The Labute approximate surface area is 77.1 Å². The zero-order valence-corrected chi connectivity index (χ0v) is 7.55. The fraction of sp³-hybridized carbons (Fsp3) is 0.273. The minimum absolute atomic E-state index is 0.0340. The van der Waals surface area contributed by atoms with Crippen molar-refractivity contribution in [3.05, 3.63) is 41.2 Å². The Morgan fingerprint density at radius 2 is 2.23 bits per heavy atom. The van der Waals surface area contributed by atoms with E-state index in [1.807, 2.05) is 13.0 Å². The molecule has 13 heavy (non-hydrogen) atoms. The number of fused-ring (bicyclic) bond motifs is 1. The van der Waals surface area contributed by atoms with Gasteiger partial charge < -0.3 is 5.73 Å². The first-order valence-corrected chi connectivity index (χ1v) is 4.43. The second-order valence-electron chi connectivity index (χ2n) is 3.45. The molecule has 1 atom stereocenters. The molecule has 2 N–H and O–H groups in total. The van der Waals surface area contributed by atoms with E-state index in [2.05, 4.69) is 6.08 Å². The Morgan fingerprint density at radius 3 is 2.92 bits per heavy atom. The van der Waals surface area contributed by atoms with Gasteiger partial charge in [0.25, 0.3) is 0 Å². The molecule has 0 fully saturated rings. The third-order valence-electron chi connectivity index (χ3n) is 2.41. The summed E-state index contributed by atoms with van der Waals surface area (Å²) in [4.78, 5) is 0. The van der Waals surface area contributed by atoms with Crippen molar-refractivity contribution in [3.63, 3.8) is 0 Å². The van der Waals surface area contributed by atoms with E-state index in [4.69, 9.17) is 5.73 Å². The van der Waals surface area contributed by atoms with E-state index in [0.717, 1.165) is 23.1 Å². The third-order valence-corrected chi connectivity index (χ3v) is 2.41. The van der Waals surface area contributed by atoms with Gasteiger partial charge in [-0.15, -0.1) is 0 Å². The molecule has 1 aliphatic rings. The summed E-state index contributed by atoms with van der Waals surface area (Å²) >= 11 is 0. The number of allylic oxidation sites excluding steroid dienone is 1. The van der Waals surface area contributed by atoms with Crippen LogP contribution >= 0.6 is 0 Å². The number of rotatable bonds is 1. The summed E-state index contributed by atoms with van der Waals surface area (Å²) in [7, 11) is 0. The van der Waals surface area contributed by atoms with Gasteiger partial charge in [0.05, 0.1) is 0 Å². The molecule has 0 radical (unpaired) electrons. The van der Waals surface area contributed by atoms with Crippen LogP contribution in [0.2, 0.25) is 0 Å². The lowest BCUT2D eigenvalue weighted by Crippen LogP contribution is -2.16. The molecule has 2 heteroatoms. The van der Waals surface area contributed by atoms with Crippen LogP contribution in [0.15, 0.2) is 24.3 Å². The van der Waals surface area contributed by atoms with Crippen molar-refractivity contribution in [1.82, 2.24) is 0 Å². The molecule has 68 valence electrons. The van der Waals surface area contributed by atoms with Crippen molar-refractivity contribution in [2.24, 2.45) is 5.73 Å². The third kappa shape index (κ3) is 1.38. The second kappa shape index (κ2) is 2.96. The zero-order chi connectivity index (χ0) is 9.42. The van der Waals surface area contributed by atoms with Crippen molar-refractivity contribution in [3.8, 4) is 0 Å². The molecular formula is C11H12FN. The van der Waals surface area contributed by atoms with Crippen LogP contribution in [0.25, 0.3) is 5.57 Å². The summed E-state index contributed by atoms with van der Waals surface area (Å²) < 4.78 is 12.8. The maximum atomic E-state index is 12.8. The van der Waals surface area contributed by atoms with E-state index in [-0.39, 0.29) is 11.9 Å². The molecule has 1 unspecified atom stereocenters. The van der Waals surface area contributed by atoms with E-state index in [0.29, 0.717) is 0 Å². The van der Waals surface area contributed by atoms with Gasteiger partial charge >= 0.3 is 0 Å². The largest absolute Gasteiger partial charge is 0.324 e. The van der Waals surface area contributed by atoms with Crippen molar-refractivity contribution < 1.29 is 4.39 Å². The zero-order valence-electron chi connectivity index (χ0n) is 7.55. The van der Waals surface area contributed by atoms with Gasteiger partial charge in [0.2, 0.25) is 0 Å². The SMILES string of the molecule is CC(N)C1=CCc2cc(F)ccc21. The van der Waals surface area contributed by atoms with Gasteiger partial charge in [0.15, 0.2) is 0 Å². The van der Waals surface area contributed by atoms with Crippen molar-refractivity contribution in [2.75, 3.05) is 0 Å². The maximum absolute atomic E-state index is 12.8. The number of halogens is 1. The molecule has 0 aliphatic heterocycles. The highest BCUT2D eigenvalue weighted by molar-refractivity contribution is 5.75. The maximum Gasteiger partial charge on any atom is 0.123 e. The first-order valence-electron chi connectivity index (χ1n) is 4.43.